The van der Waals surface area contributed by atoms with Crippen molar-refractivity contribution in [2.24, 2.45) is 0 Å². The van der Waals surface area contributed by atoms with Crippen LogP contribution in [-0.4, -0.2) is 36.3 Å². The van der Waals surface area contributed by atoms with Crippen LogP contribution in [0, 0.1) is 0 Å². The van der Waals surface area contributed by atoms with Crippen LogP contribution in [0.4, 0.5) is 23.2 Å². The molecule has 160 valence electrons. The second kappa shape index (κ2) is 9.28. The molecule has 0 bridgehead atoms. The number of fused-ring (bicyclic) bond motifs is 1. The number of nitrogens with zero attached hydrogens (tertiary/aromatic N) is 1. The molecule has 1 aliphatic carbocycles. The first-order valence-corrected chi connectivity index (χ1v) is 9.75. The highest BCUT2D eigenvalue weighted by molar-refractivity contribution is 6.00. The molecular formula is C22H23F4N3O. The third kappa shape index (κ3) is 4.98. The van der Waals surface area contributed by atoms with E-state index in [1.807, 2.05) is 0 Å². The Labute approximate surface area is 172 Å². The van der Waals surface area contributed by atoms with E-state index in [1.165, 1.54) is 6.08 Å². The average molecular weight is 421 g/mol. The van der Waals surface area contributed by atoms with Crippen molar-refractivity contribution in [3.05, 3.63) is 48.3 Å². The van der Waals surface area contributed by atoms with E-state index in [1.54, 1.807) is 30.3 Å². The van der Waals surface area contributed by atoms with E-state index in [4.69, 9.17) is 0 Å². The molecule has 2 aromatic rings. The molecule has 2 N–H and O–H groups in total. The molecule has 1 aromatic carbocycles. The largest absolute Gasteiger partial charge is 0.417 e. The van der Waals surface area contributed by atoms with Crippen molar-refractivity contribution in [2.75, 3.05) is 11.9 Å². The fraction of sp³-hybridized carbons (Fsp3) is 0.364. The molecule has 4 nitrogen and oxygen atoms in total. The second-order valence-electron chi connectivity index (χ2n) is 7.25. The molecule has 0 saturated heterocycles. The molecule has 0 spiro atoms. The highest BCUT2D eigenvalue weighted by Gasteiger charge is 2.35. The molecule has 1 aliphatic rings. The van der Waals surface area contributed by atoms with Gasteiger partial charge in [0.1, 0.15) is 6.17 Å². The van der Waals surface area contributed by atoms with Crippen molar-refractivity contribution in [3.63, 3.8) is 0 Å². The fourth-order valence-corrected chi connectivity index (χ4v) is 3.62. The van der Waals surface area contributed by atoms with Crippen molar-refractivity contribution < 1.29 is 22.4 Å². The van der Waals surface area contributed by atoms with E-state index in [-0.39, 0.29) is 29.4 Å². The van der Waals surface area contributed by atoms with Crippen LogP contribution in [0.5, 0.6) is 0 Å². The Kier molecular flexibility index (Phi) is 6.74. The van der Waals surface area contributed by atoms with Crippen molar-refractivity contribution in [1.29, 1.82) is 0 Å². The summed E-state index contributed by atoms with van der Waals surface area (Å²) >= 11 is 0. The molecule has 2 atom stereocenters. The molecule has 1 saturated carbocycles. The Morgan fingerprint density at radius 3 is 2.70 bits per heavy atom. The van der Waals surface area contributed by atoms with E-state index in [0.717, 1.165) is 12.8 Å². The third-order valence-electron chi connectivity index (χ3n) is 5.15. The minimum absolute atomic E-state index is 0.213. The maximum Gasteiger partial charge on any atom is 0.417 e. The molecule has 0 radical (unpaired) electrons. The summed E-state index contributed by atoms with van der Waals surface area (Å²) in [4.78, 5) is 14.5. The molecule has 1 fully saturated rings. The van der Waals surface area contributed by atoms with Gasteiger partial charge in [0.2, 0.25) is 6.41 Å². The monoisotopic (exact) mass is 421 g/mol. The molecule has 1 heterocycles. The van der Waals surface area contributed by atoms with Gasteiger partial charge in [-0.25, -0.2) is 9.37 Å². The molecule has 2 unspecified atom stereocenters. The van der Waals surface area contributed by atoms with Gasteiger partial charge in [0.25, 0.3) is 0 Å². The number of nitrogens with one attached hydrogen (secondary N) is 2. The zero-order valence-electron chi connectivity index (χ0n) is 16.3. The molecule has 1 amide bonds. The van der Waals surface area contributed by atoms with Gasteiger partial charge < -0.3 is 10.6 Å². The van der Waals surface area contributed by atoms with Gasteiger partial charge in [0.05, 0.1) is 23.0 Å². The summed E-state index contributed by atoms with van der Waals surface area (Å²) in [6.45, 7) is 3.42. The summed E-state index contributed by atoms with van der Waals surface area (Å²) in [5.74, 6) is 0. The normalized spacial score (nSPS) is 19.7. The van der Waals surface area contributed by atoms with Gasteiger partial charge >= 0.3 is 6.18 Å². The highest BCUT2D eigenvalue weighted by Crippen LogP contribution is 2.37. The third-order valence-corrected chi connectivity index (χ3v) is 5.15. The number of carbonyl (C=O) groups excluding carboxylic acids is 1. The van der Waals surface area contributed by atoms with Gasteiger partial charge in [-0.2, -0.15) is 13.2 Å². The first kappa shape index (κ1) is 21.8. The van der Waals surface area contributed by atoms with Crippen molar-refractivity contribution in [1.82, 2.24) is 10.3 Å². The van der Waals surface area contributed by atoms with Crippen LogP contribution in [0.2, 0.25) is 0 Å². The lowest BCUT2D eigenvalue weighted by Gasteiger charge is -2.28. The first-order valence-electron chi connectivity index (χ1n) is 9.75. The number of rotatable bonds is 7. The lowest BCUT2D eigenvalue weighted by Crippen LogP contribution is -2.33. The Balaban J connectivity index is 2.08. The Morgan fingerprint density at radius 2 is 2.00 bits per heavy atom. The standard InChI is InChI=1S/C22H23F4N3O/c1-14(22(24,25)26)21-16-7-4-10-19(29-20-9-3-2-8-18(20)23)17(16)12-15(28-21)6-5-11-27-13-30/h4-7,10,12-13,18,20,29H,1-3,8-9,11H2,(H,27,30)/b6-5+. The number of allylic oxidation sites excluding steroid dienone is 1. The summed E-state index contributed by atoms with van der Waals surface area (Å²) in [5, 5.41) is 6.42. The van der Waals surface area contributed by atoms with Crippen molar-refractivity contribution in [3.8, 4) is 0 Å². The summed E-state index contributed by atoms with van der Waals surface area (Å²) in [6.07, 6.45) is 0.848. The Hall–Kier alpha value is -2.90. The van der Waals surface area contributed by atoms with Crippen LogP contribution >= 0.6 is 0 Å². The minimum atomic E-state index is -4.64. The maximum atomic E-state index is 14.3. The SMILES string of the molecule is C=C(c1nc(/C=C/CNC=O)cc2c(NC3CCCCC3F)cccc12)C(F)(F)F. The fourth-order valence-electron chi connectivity index (χ4n) is 3.62. The number of aromatic nitrogens is 1. The second-order valence-corrected chi connectivity index (χ2v) is 7.25. The number of pyridine rings is 1. The molecule has 3 rings (SSSR count). The van der Waals surface area contributed by atoms with Crippen LogP contribution in [0.15, 0.2) is 36.9 Å². The average Bonchev–Trinajstić information content (AvgIpc) is 2.71. The van der Waals surface area contributed by atoms with Gasteiger partial charge in [0, 0.05) is 23.0 Å². The molecular weight excluding hydrogens is 398 g/mol. The Morgan fingerprint density at radius 1 is 1.23 bits per heavy atom. The number of amides is 1. The molecule has 8 heteroatoms. The van der Waals surface area contributed by atoms with E-state index in [2.05, 4.69) is 22.2 Å². The van der Waals surface area contributed by atoms with Crippen molar-refractivity contribution >= 4 is 34.5 Å². The van der Waals surface area contributed by atoms with E-state index < -0.39 is 17.9 Å². The van der Waals surface area contributed by atoms with E-state index in [0.29, 0.717) is 30.3 Å². The predicted octanol–water partition coefficient (Wildman–Crippen LogP) is 5.26. The molecule has 1 aromatic heterocycles. The topological polar surface area (TPSA) is 54.0 Å². The number of anilines is 1. The number of hydrogen-bond donors (Lipinski definition) is 2. The lowest BCUT2D eigenvalue weighted by molar-refractivity contribution is -0.109. The van der Waals surface area contributed by atoms with Crippen LogP contribution in [0.1, 0.15) is 37.1 Å². The van der Waals surface area contributed by atoms with Gasteiger partial charge in [-0.3, -0.25) is 4.79 Å². The van der Waals surface area contributed by atoms with Crippen LogP contribution in [-0.2, 0) is 4.79 Å². The summed E-state index contributed by atoms with van der Waals surface area (Å²) < 4.78 is 54.5. The van der Waals surface area contributed by atoms with Gasteiger partial charge in [0.15, 0.2) is 0 Å². The molecule has 0 aliphatic heterocycles. The summed E-state index contributed by atoms with van der Waals surface area (Å²) in [6, 6.07) is 6.17. The molecule has 30 heavy (non-hydrogen) atoms. The summed E-state index contributed by atoms with van der Waals surface area (Å²) in [5.41, 5.74) is -0.481. The lowest BCUT2D eigenvalue weighted by atomic mass is 9.93. The van der Waals surface area contributed by atoms with Crippen LogP contribution in [0.3, 0.4) is 0 Å². The first-order chi connectivity index (χ1) is 14.3. The van der Waals surface area contributed by atoms with Gasteiger partial charge in [-0.15, -0.1) is 0 Å². The predicted molar refractivity (Wildman–Crippen MR) is 111 cm³/mol. The number of alkyl halides is 4. The Bertz CT molecular complexity index is 955. The van der Waals surface area contributed by atoms with Crippen molar-refractivity contribution in [2.45, 2.75) is 44.1 Å². The van der Waals surface area contributed by atoms with Crippen LogP contribution < -0.4 is 10.6 Å². The minimum Gasteiger partial charge on any atom is -0.379 e. The van der Waals surface area contributed by atoms with E-state index in [9.17, 15) is 22.4 Å². The summed E-state index contributed by atoms with van der Waals surface area (Å²) in [7, 11) is 0. The van der Waals surface area contributed by atoms with E-state index >= 15 is 0 Å². The number of carbonyl (C=O) groups is 1. The number of halogens is 4. The highest BCUT2D eigenvalue weighted by atomic mass is 19.4. The number of benzene rings is 1. The van der Waals surface area contributed by atoms with Gasteiger partial charge in [-0.1, -0.05) is 37.6 Å². The van der Waals surface area contributed by atoms with Crippen LogP contribution in [0.25, 0.3) is 22.4 Å². The quantitative estimate of drug-likeness (QED) is 0.364. The smallest absolute Gasteiger partial charge is 0.379 e. The number of hydrogen-bond acceptors (Lipinski definition) is 3. The van der Waals surface area contributed by atoms with Gasteiger partial charge in [-0.05, 0) is 31.1 Å². The maximum absolute atomic E-state index is 14.3. The zero-order valence-corrected chi connectivity index (χ0v) is 16.3. The zero-order chi connectivity index (χ0) is 21.7.